The summed E-state index contributed by atoms with van der Waals surface area (Å²) in [6.07, 6.45) is -5.61. The number of aliphatic hydroxyl groups is 1. The average Bonchev–Trinajstić information content (AvgIpc) is 2.61. The van der Waals surface area contributed by atoms with E-state index in [1.165, 1.54) is 19.1 Å². The highest BCUT2D eigenvalue weighted by molar-refractivity contribution is 5.97. The first-order chi connectivity index (χ1) is 12.2. The lowest BCUT2D eigenvalue weighted by molar-refractivity contribution is -0.137. The Morgan fingerprint density at radius 1 is 1.08 bits per heavy atom. The van der Waals surface area contributed by atoms with Crippen LogP contribution in [0.15, 0.2) is 48.5 Å². The fraction of sp³-hybridized carbons (Fsp3) is 0.222. The van der Waals surface area contributed by atoms with Crippen molar-refractivity contribution in [3.8, 4) is 0 Å². The Bertz CT molecular complexity index is 771. The van der Waals surface area contributed by atoms with Crippen molar-refractivity contribution < 1.29 is 32.6 Å². The first-order valence-corrected chi connectivity index (χ1v) is 7.59. The van der Waals surface area contributed by atoms with Crippen LogP contribution in [0.2, 0.25) is 0 Å². The van der Waals surface area contributed by atoms with E-state index in [-0.39, 0.29) is 17.9 Å². The Morgan fingerprint density at radius 2 is 1.65 bits per heavy atom. The molecule has 0 fully saturated rings. The van der Waals surface area contributed by atoms with Crippen LogP contribution in [0, 0.1) is 0 Å². The van der Waals surface area contributed by atoms with Crippen LogP contribution >= 0.6 is 0 Å². The molecule has 138 valence electrons. The van der Waals surface area contributed by atoms with Crippen LogP contribution in [-0.4, -0.2) is 23.1 Å². The van der Waals surface area contributed by atoms with E-state index in [4.69, 9.17) is 9.84 Å². The lowest BCUT2D eigenvalue weighted by Gasteiger charge is -2.14. The van der Waals surface area contributed by atoms with Crippen LogP contribution in [0.25, 0.3) is 0 Å². The number of benzene rings is 2. The summed E-state index contributed by atoms with van der Waals surface area (Å²) in [5.74, 6) is -1.41. The zero-order valence-corrected chi connectivity index (χ0v) is 13.7. The van der Waals surface area contributed by atoms with Gasteiger partial charge < -0.3 is 15.2 Å². The number of alkyl halides is 3. The molecule has 5 nitrogen and oxygen atoms in total. The molecule has 0 aliphatic rings. The van der Waals surface area contributed by atoms with Gasteiger partial charge in [0, 0.05) is 5.69 Å². The van der Waals surface area contributed by atoms with Crippen LogP contribution in [0.5, 0.6) is 0 Å². The molecule has 0 unspecified atom stereocenters. The Balaban J connectivity index is 1.95. The van der Waals surface area contributed by atoms with Gasteiger partial charge in [0.1, 0.15) is 0 Å². The summed E-state index contributed by atoms with van der Waals surface area (Å²) < 4.78 is 42.5. The number of halogens is 3. The molecule has 2 N–H and O–H groups in total. The van der Waals surface area contributed by atoms with Crippen molar-refractivity contribution in [2.75, 3.05) is 5.32 Å². The van der Waals surface area contributed by atoms with Crippen LogP contribution in [0.3, 0.4) is 0 Å². The molecule has 0 aliphatic heterocycles. The largest absolute Gasteiger partial charge is 0.449 e. The lowest BCUT2D eigenvalue weighted by Crippen LogP contribution is -2.30. The second kappa shape index (κ2) is 8.01. The summed E-state index contributed by atoms with van der Waals surface area (Å²) in [6.45, 7) is 1.18. The lowest BCUT2D eigenvalue weighted by atomic mass is 10.1. The quantitative estimate of drug-likeness (QED) is 0.795. The average molecular weight is 367 g/mol. The molecule has 0 aromatic heterocycles. The summed E-state index contributed by atoms with van der Waals surface area (Å²) in [6, 6.07) is 9.91. The molecule has 0 bridgehead atoms. The van der Waals surface area contributed by atoms with Crippen LogP contribution in [0.1, 0.15) is 28.4 Å². The molecule has 26 heavy (non-hydrogen) atoms. The van der Waals surface area contributed by atoms with Crippen LogP contribution in [0.4, 0.5) is 18.9 Å². The van der Waals surface area contributed by atoms with Gasteiger partial charge in [-0.2, -0.15) is 13.2 Å². The third kappa shape index (κ3) is 5.06. The van der Waals surface area contributed by atoms with Crippen molar-refractivity contribution in [2.45, 2.75) is 25.8 Å². The monoisotopic (exact) mass is 367 g/mol. The minimum absolute atomic E-state index is 0.151. The Labute approximate surface area is 147 Å². The molecule has 1 amide bonds. The highest BCUT2D eigenvalue weighted by atomic mass is 19.4. The Kier molecular flexibility index (Phi) is 5.99. The Hall–Kier alpha value is -2.87. The first kappa shape index (κ1) is 19.5. The standard InChI is InChI=1S/C18H16F3NO4/c1-11(26-17(25)13-4-2-12(10-23)3-5-13)16(24)22-15-8-6-14(7-9-15)18(19,20)21/h2-9,11,23H,10H2,1H3,(H,22,24)/t11-/m1/s1. The van der Waals surface area contributed by atoms with Gasteiger partial charge in [-0.3, -0.25) is 4.79 Å². The van der Waals surface area contributed by atoms with Gasteiger partial charge >= 0.3 is 12.1 Å². The van der Waals surface area contributed by atoms with Gasteiger partial charge in [0.2, 0.25) is 0 Å². The van der Waals surface area contributed by atoms with E-state index in [0.29, 0.717) is 5.56 Å². The van der Waals surface area contributed by atoms with Crippen molar-refractivity contribution >= 4 is 17.6 Å². The van der Waals surface area contributed by atoms with E-state index in [9.17, 15) is 22.8 Å². The van der Waals surface area contributed by atoms with Gasteiger partial charge in [-0.25, -0.2) is 4.79 Å². The SMILES string of the molecule is C[C@@H](OC(=O)c1ccc(CO)cc1)C(=O)Nc1ccc(C(F)(F)F)cc1. The van der Waals surface area contributed by atoms with Crippen molar-refractivity contribution in [3.63, 3.8) is 0 Å². The number of hydrogen-bond donors (Lipinski definition) is 2. The number of aliphatic hydroxyl groups excluding tert-OH is 1. The maximum absolute atomic E-state index is 12.5. The summed E-state index contributed by atoms with van der Waals surface area (Å²) >= 11 is 0. The molecule has 0 saturated carbocycles. The molecule has 0 radical (unpaired) electrons. The minimum atomic E-state index is -4.46. The molecule has 2 aromatic carbocycles. The number of hydrogen-bond acceptors (Lipinski definition) is 4. The number of esters is 1. The summed E-state index contributed by atoms with van der Waals surface area (Å²) in [4.78, 5) is 24.0. The third-order valence-electron chi connectivity index (χ3n) is 3.51. The van der Waals surface area contributed by atoms with Crippen molar-refractivity contribution in [3.05, 3.63) is 65.2 Å². The topological polar surface area (TPSA) is 75.6 Å². The van der Waals surface area contributed by atoms with E-state index in [0.717, 1.165) is 24.3 Å². The molecule has 2 aromatic rings. The number of rotatable bonds is 5. The molecule has 1 atom stereocenters. The third-order valence-corrected chi connectivity index (χ3v) is 3.51. The number of amides is 1. The number of nitrogens with one attached hydrogen (secondary N) is 1. The second-order valence-corrected chi connectivity index (χ2v) is 5.47. The fourth-order valence-corrected chi connectivity index (χ4v) is 2.01. The molecule has 2 rings (SSSR count). The van der Waals surface area contributed by atoms with Crippen molar-refractivity contribution in [1.82, 2.24) is 0 Å². The molecule has 0 spiro atoms. The molecule has 8 heteroatoms. The molecular formula is C18H16F3NO4. The minimum Gasteiger partial charge on any atom is -0.449 e. The van der Waals surface area contributed by atoms with Gasteiger partial charge in [-0.1, -0.05) is 12.1 Å². The normalized spacial score (nSPS) is 12.3. The van der Waals surface area contributed by atoms with E-state index in [1.807, 2.05) is 0 Å². The summed E-state index contributed by atoms with van der Waals surface area (Å²) in [5.41, 5.74) is 0.144. The predicted octanol–water partition coefficient (Wildman–Crippen LogP) is 3.38. The number of anilines is 1. The molecular weight excluding hydrogens is 351 g/mol. The van der Waals surface area contributed by atoms with Crippen molar-refractivity contribution in [2.24, 2.45) is 0 Å². The van der Waals surface area contributed by atoms with Gasteiger partial charge in [0.15, 0.2) is 6.10 Å². The molecule has 0 saturated heterocycles. The second-order valence-electron chi connectivity index (χ2n) is 5.47. The van der Waals surface area contributed by atoms with E-state index in [1.54, 1.807) is 12.1 Å². The zero-order valence-electron chi connectivity index (χ0n) is 13.7. The maximum atomic E-state index is 12.5. The van der Waals surface area contributed by atoms with Gasteiger partial charge in [-0.05, 0) is 48.9 Å². The van der Waals surface area contributed by atoms with E-state index in [2.05, 4.69) is 5.32 Å². The van der Waals surface area contributed by atoms with E-state index < -0.39 is 29.7 Å². The van der Waals surface area contributed by atoms with Crippen molar-refractivity contribution in [1.29, 1.82) is 0 Å². The number of ether oxygens (including phenoxy) is 1. The zero-order chi connectivity index (χ0) is 19.3. The molecule has 0 heterocycles. The maximum Gasteiger partial charge on any atom is 0.416 e. The summed E-state index contributed by atoms with van der Waals surface area (Å²) in [5, 5.41) is 11.3. The first-order valence-electron chi connectivity index (χ1n) is 7.59. The summed E-state index contributed by atoms with van der Waals surface area (Å²) in [7, 11) is 0. The number of carbonyl (C=O) groups excluding carboxylic acids is 2. The van der Waals surface area contributed by atoms with Crippen LogP contribution < -0.4 is 5.32 Å². The molecule has 0 aliphatic carbocycles. The predicted molar refractivity (Wildman–Crippen MR) is 87.3 cm³/mol. The smallest absolute Gasteiger partial charge is 0.416 e. The van der Waals surface area contributed by atoms with Gasteiger partial charge in [0.25, 0.3) is 5.91 Å². The van der Waals surface area contributed by atoms with Crippen LogP contribution in [-0.2, 0) is 22.3 Å². The van der Waals surface area contributed by atoms with E-state index >= 15 is 0 Å². The highest BCUT2D eigenvalue weighted by Crippen LogP contribution is 2.29. The number of carbonyl (C=O) groups is 2. The fourth-order valence-electron chi connectivity index (χ4n) is 2.01. The van der Waals surface area contributed by atoms with Gasteiger partial charge in [0.05, 0.1) is 17.7 Å². The Morgan fingerprint density at radius 3 is 2.15 bits per heavy atom. The highest BCUT2D eigenvalue weighted by Gasteiger charge is 2.30. The van der Waals surface area contributed by atoms with Gasteiger partial charge in [-0.15, -0.1) is 0 Å².